The Labute approximate surface area is 145 Å². The van der Waals surface area contributed by atoms with Crippen LogP contribution in [-0.4, -0.2) is 43.0 Å². The fourth-order valence-corrected chi connectivity index (χ4v) is 3.33. The fourth-order valence-electron chi connectivity index (χ4n) is 3.33. The molecule has 8 heteroatoms. The zero-order valence-electron chi connectivity index (χ0n) is 14.4. The van der Waals surface area contributed by atoms with Gasteiger partial charge in [-0.1, -0.05) is 0 Å². The van der Waals surface area contributed by atoms with Crippen molar-refractivity contribution < 1.29 is 4.79 Å². The van der Waals surface area contributed by atoms with Crippen molar-refractivity contribution in [2.45, 2.75) is 45.2 Å². The first kappa shape index (κ1) is 17.2. The Morgan fingerprint density at radius 3 is 2.68 bits per heavy atom. The van der Waals surface area contributed by atoms with Crippen LogP contribution >= 0.6 is 0 Å². The van der Waals surface area contributed by atoms with Crippen molar-refractivity contribution in [3.63, 3.8) is 0 Å². The number of likely N-dealkylation sites (tertiary alicyclic amines) is 1. The number of rotatable bonds is 5. The van der Waals surface area contributed by atoms with Crippen LogP contribution in [0.3, 0.4) is 0 Å². The van der Waals surface area contributed by atoms with E-state index in [2.05, 4.69) is 21.5 Å². The molecule has 0 bridgehead atoms. The zero-order valence-corrected chi connectivity index (χ0v) is 14.4. The molecular formula is C17H23N5O3. The lowest BCUT2D eigenvalue weighted by Crippen LogP contribution is -2.39. The van der Waals surface area contributed by atoms with Gasteiger partial charge in [0.25, 0.3) is 5.56 Å². The van der Waals surface area contributed by atoms with Gasteiger partial charge in [0.15, 0.2) is 0 Å². The number of piperidine rings is 1. The standard InChI is InChI=1S/C17H23N5O3/c1-2-20-12-7-18-16(20)13-3-8-21(9-4-13)15(24)6-11-22-10-5-14(23)19-17(22)25/h5,7,10,12-13H,2-4,6,8-9,11H2,1H3,(H,19,23,25). The van der Waals surface area contributed by atoms with E-state index in [-0.39, 0.29) is 18.9 Å². The number of nitrogens with one attached hydrogen (secondary N) is 1. The highest BCUT2D eigenvalue weighted by molar-refractivity contribution is 5.76. The van der Waals surface area contributed by atoms with Gasteiger partial charge in [-0.25, -0.2) is 9.78 Å². The second-order valence-corrected chi connectivity index (χ2v) is 6.28. The van der Waals surface area contributed by atoms with Gasteiger partial charge in [-0.05, 0) is 19.8 Å². The molecule has 0 radical (unpaired) electrons. The zero-order chi connectivity index (χ0) is 17.8. The molecule has 1 aliphatic heterocycles. The Morgan fingerprint density at radius 1 is 1.24 bits per heavy atom. The number of nitrogens with zero attached hydrogens (tertiary/aromatic N) is 4. The summed E-state index contributed by atoms with van der Waals surface area (Å²) in [6.45, 7) is 4.70. The van der Waals surface area contributed by atoms with Gasteiger partial charge in [0.05, 0.1) is 0 Å². The Bertz CT molecular complexity index is 842. The van der Waals surface area contributed by atoms with Gasteiger partial charge in [-0.15, -0.1) is 0 Å². The second kappa shape index (κ2) is 7.50. The molecule has 1 amide bonds. The van der Waals surface area contributed by atoms with Crippen molar-refractivity contribution in [2.75, 3.05) is 13.1 Å². The molecule has 1 fully saturated rings. The Kier molecular flexibility index (Phi) is 5.16. The maximum atomic E-state index is 12.4. The minimum atomic E-state index is -0.481. The summed E-state index contributed by atoms with van der Waals surface area (Å²) in [6, 6.07) is 1.28. The molecule has 8 nitrogen and oxygen atoms in total. The Balaban J connectivity index is 1.53. The quantitative estimate of drug-likeness (QED) is 0.856. The molecule has 1 aliphatic rings. The first-order valence-electron chi connectivity index (χ1n) is 8.67. The molecule has 0 aromatic carbocycles. The number of hydrogen-bond donors (Lipinski definition) is 1. The average molecular weight is 345 g/mol. The van der Waals surface area contributed by atoms with Gasteiger partial charge < -0.3 is 14.0 Å². The van der Waals surface area contributed by atoms with Crippen LogP contribution < -0.4 is 11.2 Å². The third-order valence-corrected chi connectivity index (χ3v) is 4.76. The summed E-state index contributed by atoms with van der Waals surface area (Å²) in [7, 11) is 0. The second-order valence-electron chi connectivity index (χ2n) is 6.28. The molecule has 1 saturated heterocycles. The van der Waals surface area contributed by atoms with Gasteiger partial charge in [-0.3, -0.25) is 14.6 Å². The molecule has 0 unspecified atom stereocenters. The van der Waals surface area contributed by atoms with E-state index < -0.39 is 11.2 Å². The van der Waals surface area contributed by atoms with E-state index in [9.17, 15) is 14.4 Å². The smallest absolute Gasteiger partial charge is 0.328 e. The van der Waals surface area contributed by atoms with E-state index in [1.807, 2.05) is 17.3 Å². The minimum absolute atomic E-state index is 0.0374. The van der Waals surface area contributed by atoms with Crippen LogP contribution in [0.25, 0.3) is 0 Å². The Morgan fingerprint density at radius 2 is 2.00 bits per heavy atom. The maximum absolute atomic E-state index is 12.4. The van der Waals surface area contributed by atoms with Gasteiger partial charge in [0.2, 0.25) is 5.91 Å². The van der Waals surface area contributed by atoms with Crippen LogP contribution in [0.2, 0.25) is 0 Å². The van der Waals surface area contributed by atoms with E-state index in [4.69, 9.17) is 0 Å². The van der Waals surface area contributed by atoms with E-state index in [0.29, 0.717) is 19.0 Å². The average Bonchev–Trinajstić information content (AvgIpc) is 3.09. The summed E-state index contributed by atoms with van der Waals surface area (Å²) < 4.78 is 3.51. The van der Waals surface area contributed by atoms with Crippen LogP contribution in [0.4, 0.5) is 0 Å². The molecule has 2 aromatic rings. The highest BCUT2D eigenvalue weighted by Crippen LogP contribution is 2.27. The fraction of sp³-hybridized carbons (Fsp3) is 0.529. The van der Waals surface area contributed by atoms with Crippen LogP contribution in [-0.2, 0) is 17.9 Å². The first-order valence-corrected chi connectivity index (χ1v) is 8.67. The lowest BCUT2D eigenvalue weighted by Gasteiger charge is -2.32. The lowest BCUT2D eigenvalue weighted by atomic mass is 9.95. The van der Waals surface area contributed by atoms with Crippen molar-refractivity contribution in [3.8, 4) is 0 Å². The number of imidazole rings is 1. The number of hydrogen-bond acceptors (Lipinski definition) is 4. The van der Waals surface area contributed by atoms with Crippen molar-refractivity contribution >= 4 is 5.91 Å². The van der Waals surface area contributed by atoms with Crippen molar-refractivity contribution in [1.29, 1.82) is 0 Å². The molecule has 0 spiro atoms. The van der Waals surface area contributed by atoms with Crippen LogP contribution in [0, 0.1) is 0 Å². The monoisotopic (exact) mass is 345 g/mol. The van der Waals surface area contributed by atoms with Crippen LogP contribution in [0.15, 0.2) is 34.2 Å². The maximum Gasteiger partial charge on any atom is 0.328 e. The number of H-pyrrole nitrogens is 1. The third-order valence-electron chi connectivity index (χ3n) is 4.76. The number of aryl methyl sites for hydroxylation is 2. The molecule has 0 saturated carbocycles. The van der Waals surface area contributed by atoms with E-state index >= 15 is 0 Å². The highest BCUT2D eigenvalue weighted by Gasteiger charge is 2.26. The molecule has 0 atom stereocenters. The molecule has 25 heavy (non-hydrogen) atoms. The van der Waals surface area contributed by atoms with Crippen LogP contribution in [0.5, 0.6) is 0 Å². The lowest BCUT2D eigenvalue weighted by molar-refractivity contribution is -0.132. The molecule has 1 N–H and O–H groups in total. The third kappa shape index (κ3) is 3.89. The van der Waals surface area contributed by atoms with E-state index in [0.717, 1.165) is 25.2 Å². The van der Waals surface area contributed by atoms with Crippen molar-refractivity contribution in [3.05, 3.63) is 51.3 Å². The molecular weight excluding hydrogens is 322 g/mol. The molecule has 3 heterocycles. The SMILES string of the molecule is CCn1ccnc1C1CCN(C(=O)CCn2ccc(=O)[nH]c2=O)CC1. The molecule has 134 valence electrons. The number of carbonyl (C=O) groups is 1. The summed E-state index contributed by atoms with van der Waals surface area (Å²) in [5, 5.41) is 0. The first-order chi connectivity index (χ1) is 12.1. The predicted molar refractivity (Wildman–Crippen MR) is 92.4 cm³/mol. The van der Waals surface area contributed by atoms with Gasteiger partial charge in [-0.2, -0.15) is 0 Å². The van der Waals surface area contributed by atoms with Gasteiger partial charge in [0, 0.05) is 63.2 Å². The molecule has 2 aromatic heterocycles. The number of aromatic amines is 1. The van der Waals surface area contributed by atoms with E-state index in [1.54, 1.807) is 0 Å². The molecule has 3 rings (SSSR count). The van der Waals surface area contributed by atoms with Gasteiger partial charge >= 0.3 is 5.69 Å². The highest BCUT2D eigenvalue weighted by atomic mass is 16.2. The summed E-state index contributed by atoms with van der Waals surface area (Å²) in [5.41, 5.74) is -0.912. The summed E-state index contributed by atoms with van der Waals surface area (Å²) in [4.78, 5) is 43.6. The predicted octanol–water partition coefficient (Wildman–Crippen LogP) is 0.549. The topological polar surface area (TPSA) is 93.0 Å². The minimum Gasteiger partial charge on any atom is -0.343 e. The molecule has 0 aliphatic carbocycles. The number of carbonyl (C=O) groups excluding carboxylic acids is 1. The van der Waals surface area contributed by atoms with Crippen molar-refractivity contribution in [1.82, 2.24) is 24.0 Å². The van der Waals surface area contributed by atoms with E-state index in [1.165, 1.54) is 16.8 Å². The Hall–Kier alpha value is -2.64. The number of amides is 1. The summed E-state index contributed by atoms with van der Waals surface area (Å²) in [6.07, 6.45) is 7.31. The number of aromatic nitrogens is 4. The largest absolute Gasteiger partial charge is 0.343 e. The normalized spacial score (nSPS) is 15.5. The van der Waals surface area contributed by atoms with Crippen molar-refractivity contribution in [2.24, 2.45) is 0 Å². The summed E-state index contributed by atoms with van der Waals surface area (Å²) >= 11 is 0. The van der Waals surface area contributed by atoms with Gasteiger partial charge in [0.1, 0.15) is 5.82 Å². The van der Waals surface area contributed by atoms with Crippen LogP contribution in [0.1, 0.15) is 37.9 Å². The summed E-state index contributed by atoms with van der Waals surface area (Å²) in [5.74, 6) is 1.53.